The highest BCUT2D eigenvalue weighted by Gasteiger charge is 2.30. The second kappa shape index (κ2) is 14.0. The van der Waals surface area contributed by atoms with Crippen molar-refractivity contribution in [1.29, 1.82) is 0 Å². The lowest BCUT2D eigenvalue weighted by Crippen LogP contribution is -2.44. The third-order valence-electron chi connectivity index (χ3n) is 7.45. The molecule has 2 N–H and O–H groups in total. The number of likely N-dealkylation sites (tertiary alicyclic amines) is 2. The van der Waals surface area contributed by atoms with Gasteiger partial charge in [0.1, 0.15) is 0 Å². The molecule has 0 bridgehead atoms. The molecule has 3 aliphatic rings. The zero-order valence-electron chi connectivity index (χ0n) is 21.2. The topological polar surface area (TPSA) is 80.8 Å². The summed E-state index contributed by atoms with van der Waals surface area (Å²) in [6.07, 6.45) is 9.53. The minimum Gasteiger partial charge on any atom is -0.336 e. The van der Waals surface area contributed by atoms with Crippen molar-refractivity contribution in [3.63, 3.8) is 0 Å². The average Bonchev–Trinajstić information content (AvgIpc) is 3.02. The van der Waals surface area contributed by atoms with Crippen LogP contribution in [0.15, 0.2) is 42.6 Å². The Labute approximate surface area is 232 Å². The fourth-order valence-corrected chi connectivity index (χ4v) is 5.58. The number of fused-ring (bicyclic) bond motifs is 2. The second-order valence-corrected chi connectivity index (χ2v) is 9.91. The maximum atomic E-state index is 13.4. The third kappa shape index (κ3) is 7.13. The second-order valence-electron chi connectivity index (χ2n) is 9.91. The fourth-order valence-electron chi connectivity index (χ4n) is 5.58. The SMILES string of the molecule is Cl.Cl.O=C1Nc2cccnc2N(C(=O)NCCN2CCCC(CCN3CCCCC3)C2)c2ccccc21. The molecule has 3 aliphatic heterocycles. The number of rotatable bonds is 6. The lowest BCUT2D eigenvalue weighted by molar-refractivity contribution is 0.102. The molecule has 10 heteroatoms. The molecule has 1 aromatic heterocycles. The number of halogens is 2. The van der Waals surface area contributed by atoms with E-state index in [1.54, 1.807) is 36.5 Å². The average molecular weight is 550 g/mol. The van der Waals surface area contributed by atoms with Gasteiger partial charge in [-0.2, -0.15) is 0 Å². The maximum absolute atomic E-state index is 13.4. The molecule has 0 spiro atoms. The molecule has 0 radical (unpaired) electrons. The van der Waals surface area contributed by atoms with E-state index in [1.165, 1.54) is 63.1 Å². The number of amides is 3. The van der Waals surface area contributed by atoms with Crippen molar-refractivity contribution in [2.24, 2.45) is 5.92 Å². The molecule has 8 nitrogen and oxygen atoms in total. The Morgan fingerprint density at radius 3 is 2.59 bits per heavy atom. The molecule has 1 atom stereocenters. The Kier molecular flexibility index (Phi) is 11.0. The first-order chi connectivity index (χ1) is 17.2. The van der Waals surface area contributed by atoms with Gasteiger partial charge >= 0.3 is 6.03 Å². The van der Waals surface area contributed by atoms with Crippen molar-refractivity contribution in [2.75, 3.05) is 56.0 Å². The molecule has 5 rings (SSSR count). The molecule has 1 aromatic carbocycles. The normalized spacial score (nSPS) is 19.8. The lowest BCUT2D eigenvalue weighted by Gasteiger charge is -2.34. The number of nitrogens with zero attached hydrogens (tertiary/aromatic N) is 4. The van der Waals surface area contributed by atoms with Gasteiger partial charge in [0.25, 0.3) is 5.91 Å². The molecule has 0 aliphatic carbocycles. The summed E-state index contributed by atoms with van der Waals surface area (Å²) in [7, 11) is 0. The Morgan fingerprint density at radius 1 is 0.973 bits per heavy atom. The van der Waals surface area contributed by atoms with E-state index in [9.17, 15) is 9.59 Å². The standard InChI is InChI=1S/C27H36N6O2.2ClH/c34-26-22-9-2-3-11-24(22)33(25-23(30-26)10-6-13-28-25)27(35)29-14-19-32-17-7-8-21(20-32)12-18-31-15-4-1-5-16-31;;/h2-3,6,9-11,13,21H,1,4-5,7-8,12,14-20H2,(H,29,35)(H,30,34);2*1H. The molecule has 2 aromatic rings. The van der Waals surface area contributed by atoms with Gasteiger partial charge in [-0.05, 0) is 88.5 Å². The number of benzene rings is 1. The Balaban J connectivity index is 0.00000190. The predicted octanol–water partition coefficient (Wildman–Crippen LogP) is 4.93. The van der Waals surface area contributed by atoms with Gasteiger partial charge in [-0.1, -0.05) is 18.6 Å². The summed E-state index contributed by atoms with van der Waals surface area (Å²) in [5.74, 6) is 0.931. The number of para-hydroxylation sites is 1. The Bertz CT molecular complexity index is 1050. The number of nitrogens with one attached hydrogen (secondary N) is 2. The predicted molar refractivity (Wildman–Crippen MR) is 153 cm³/mol. The first-order valence-corrected chi connectivity index (χ1v) is 13.1. The molecule has 202 valence electrons. The van der Waals surface area contributed by atoms with Crippen LogP contribution in [0.1, 0.15) is 48.9 Å². The first-order valence-electron chi connectivity index (χ1n) is 13.1. The van der Waals surface area contributed by atoms with Gasteiger partial charge in [0.05, 0.1) is 16.9 Å². The highest BCUT2D eigenvalue weighted by Crippen LogP contribution is 2.36. The van der Waals surface area contributed by atoms with E-state index in [2.05, 4.69) is 25.4 Å². The van der Waals surface area contributed by atoms with Crippen molar-refractivity contribution in [3.8, 4) is 0 Å². The van der Waals surface area contributed by atoms with Crippen molar-refractivity contribution >= 4 is 53.9 Å². The number of anilines is 3. The van der Waals surface area contributed by atoms with Crippen molar-refractivity contribution < 1.29 is 9.59 Å². The van der Waals surface area contributed by atoms with Crippen molar-refractivity contribution in [2.45, 2.75) is 38.5 Å². The highest BCUT2D eigenvalue weighted by atomic mass is 35.5. The fraction of sp³-hybridized carbons (Fsp3) is 0.519. The van der Waals surface area contributed by atoms with Gasteiger partial charge in [0, 0.05) is 25.8 Å². The molecule has 37 heavy (non-hydrogen) atoms. The first kappa shape index (κ1) is 29.2. The van der Waals surface area contributed by atoms with E-state index in [1.807, 2.05) is 6.07 Å². The van der Waals surface area contributed by atoms with Crippen LogP contribution in [0.25, 0.3) is 0 Å². The lowest BCUT2D eigenvalue weighted by atomic mass is 9.94. The summed E-state index contributed by atoms with van der Waals surface area (Å²) >= 11 is 0. The van der Waals surface area contributed by atoms with E-state index in [0.717, 1.165) is 25.6 Å². The summed E-state index contributed by atoms with van der Waals surface area (Å²) in [5.41, 5.74) is 1.51. The van der Waals surface area contributed by atoms with Gasteiger partial charge in [-0.15, -0.1) is 24.8 Å². The Hall–Kier alpha value is -2.39. The zero-order chi connectivity index (χ0) is 24.0. The van der Waals surface area contributed by atoms with Crippen molar-refractivity contribution in [3.05, 3.63) is 48.2 Å². The maximum Gasteiger partial charge on any atom is 0.327 e. The monoisotopic (exact) mass is 548 g/mol. The molecular formula is C27H38Cl2N6O2. The number of hydrogen-bond donors (Lipinski definition) is 2. The minimum atomic E-state index is -0.271. The van der Waals surface area contributed by atoms with E-state index in [4.69, 9.17) is 0 Å². The van der Waals surface area contributed by atoms with Gasteiger partial charge in [0.2, 0.25) is 0 Å². The zero-order valence-corrected chi connectivity index (χ0v) is 22.9. The van der Waals surface area contributed by atoms with Crippen LogP contribution in [0.3, 0.4) is 0 Å². The minimum absolute atomic E-state index is 0. The van der Waals surface area contributed by atoms with E-state index in [-0.39, 0.29) is 36.8 Å². The van der Waals surface area contributed by atoms with Gasteiger partial charge < -0.3 is 20.4 Å². The molecule has 2 saturated heterocycles. The molecule has 0 saturated carbocycles. The number of hydrogen-bond acceptors (Lipinski definition) is 5. The number of aromatic nitrogens is 1. The summed E-state index contributed by atoms with van der Waals surface area (Å²) in [5, 5.41) is 5.96. The van der Waals surface area contributed by atoms with Crippen LogP contribution in [0.4, 0.5) is 22.0 Å². The Morgan fingerprint density at radius 2 is 1.76 bits per heavy atom. The van der Waals surface area contributed by atoms with Crippen LogP contribution in [0, 0.1) is 5.92 Å². The van der Waals surface area contributed by atoms with Gasteiger partial charge in [-0.25, -0.2) is 14.7 Å². The van der Waals surface area contributed by atoms with Crippen LogP contribution in [0.2, 0.25) is 0 Å². The van der Waals surface area contributed by atoms with Crippen LogP contribution in [-0.2, 0) is 0 Å². The van der Waals surface area contributed by atoms with E-state index < -0.39 is 0 Å². The largest absolute Gasteiger partial charge is 0.336 e. The molecule has 2 fully saturated rings. The summed E-state index contributed by atoms with van der Waals surface area (Å²) in [6.45, 7) is 7.34. The van der Waals surface area contributed by atoms with Crippen LogP contribution >= 0.6 is 24.8 Å². The summed E-state index contributed by atoms with van der Waals surface area (Å²) in [6, 6.07) is 10.4. The number of carbonyl (C=O) groups excluding carboxylic acids is 2. The van der Waals surface area contributed by atoms with Crippen LogP contribution in [0.5, 0.6) is 0 Å². The van der Waals surface area contributed by atoms with Gasteiger partial charge in [-0.3, -0.25) is 4.79 Å². The summed E-state index contributed by atoms with van der Waals surface area (Å²) in [4.78, 5) is 37.2. The molecule has 1 unspecified atom stereocenters. The quantitative estimate of drug-likeness (QED) is 0.535. The van der Waals surface area contributed by atoms with Crippen LogP contribution in [-0.4, -0.2) is 72.5 Å². The number of urea groups is 1. The molecular weight excluding hydrogens is 511 g/mol. The third-order valence-corrected chi connectivity index (χ3v) is 7.45. The summed E-state index contributed by atoms with van der Waals surface area (Å²) < 4.78 is 0. The smallest absolute Gasteiger partial charge is 0.327 e. The number of pyridine rings is 1. The number of piperidine rings is 2. The van der Waals surface area contributed by atoms with E-state index >= 15 is 0 Å². The van der Waals surface area contributed by atoms with Crippen molar-refractivity contribution in [1.82, 2.24) is 20.1 Å². The van der Waals surface area contributed by atoms with Crippen LogP contribution < -0.4 is 15.5 Å². The molecule has 3 amide bonds. The van der Waals surface area contributed by atoms with Gasteiger partial charge in [0.15, 0.2) is 5.82 Å². The molecule has 4 heterocycles. The highest BCUT2D eigenvalue weighted by molar-refractivity contribution is 6.16. The van der Waals surface area contributed by atoms with E-state index in [0.29, 0.717) is 29.3 Å². The number of carbonyl (C=O) groups is 2.